The van der Waals surface area contributed by atoms with Crippen LogP contribution in [0, 0.1) is 0 Å². The highest BCUT2D eigenvalue weighted by molar-refractivity contribution is 7.14. The van der Waals surface area contributed by atoms with Crippen molar-refractivity contribution in [1.82, 2.24) is 4.98 Å². The molecular weight excluding hydrogens is 294 g/mol. The standard InChI is InChI=1S/C17H15N3OS/c1-21-16-10-6-5-9-14(16)11-18-20-17-19-15(12-22-17)13-7-3-2-4-8-13/h2-12H,1H3,(H,19,20)/b18-11-. The van der Waals surface area contributed by atoms with Crippen LogP contribution < -0.4 is 10.2 Å². The first-order valence-corrected chi connectivity index (χ1v) is 7.68. The molecule has 4 nitrogen and oxygen atoms in total. The van der Waals surface area contributed by atoms with Crippen LogP contribution in [0.2, 0.25) is 0 Å². The Kier molecular flexibility index (Phi) is 4.46. The number of methoxy groups -OCH3 is 1. The van der Waals surface area contributed by atoms with Crippen molar-refractivity contribution in [2.24, 2.45) is 5.10 Å². The predicted octanol–water partition coefficient (Wildman–Crippen LogP) is 4.26. The molecule has 3 rings (SSSR count). The van der Waals surface area contributed by atoms with Gasteiger partial charge in [0.2, 0.25) is 5.13 Å². The summed E-state index contributed by atoms with van der Waals surface area (Å²) in [6, 6.07) is 17.8. The van der Waals surface area contributed by atoms with Crippen molar-refractivity contribution in [2.45, 2.75) is 0 Å². The van der Waals surface area contributed by atoms with Crippen molar-refractivity contribution in [1.29, 1.82) is 0 Å². The topological polar surface area (TPSA) is 46.5 Å². The maximum absolute atomic E-state index is 5.28. The second kappa shape index (κ2) is 6.87. The van der Waals surface area contributed by atoms with Crippen LogP contribution in [0.4, 0.5) is 5.13 Å². The van der Waals surface area contributed by atoms with Gasteiger partial charge in [0, 0.05) is 16.5 Å². The first-order chi connectivity index (χ1) is 10.9. The van der Waals surface area contributed by atoms with E-state index in [1.54, 1.807) is 13.3 Å². The summed E-state index contributed by atoms with van der Waals surface area (Å²) in [5.41, 5.74) is 5.91. The molecule has 0 aliphatic rings. The highest BCUT2D eigenvalue weighted by atomic mass is 32.1. The van der Waals surface area contributed by atoms with Crippen molar-refractivity contribution < 1.29 is 4.74 Å². The first kappa shape index (κ1) is 14.3. The number of hydrazone groups is 1. The van der Waals surface area contributed by atoms with E-state index in [1.807, 2.05) is 60.0 Å². The number of anilines is 1. The molecule has 5 heteroatoms. The average Bonchev–Trinajstić information content (AvgIpc) is 3.05. The smallest absolute Gasteiger partial charge is 0.203 e. The highest BCUT2D eigenvalue weighted by Gasteiger charge is 2.03. The summed E-state index contributed by atoms with van der Waals surface area (Å²) < 4.78 is 5.28. The number of hydrogen-bond donors (Lipinski definition) is 1. The number of benzene rings is 2. The van der Waals surface area contributed by atoms with Gasteiger partial charge in [-0.15, -0.1) is 11.3 Å². The van der Waals surface area contributed by atoms with Crippen molar-refractivity contribution in [2.75, 3.05) is 12.5 Å². The third-order valence-corrected chi connectivity index (χ3v) is 3.82. The van der Waals surface area contributed by atoms with E-state index in [9.17, 15) is 0 Å². The minimum Gasteiger partial charge on any atom is -0.496 e. The van der Waals surface area contributed by atoms with Gasteiger partial charge in [-0.05, 0) is 12.1 Å². The lowest BCUT2D eigenvalue weighted by atomic mass is 10.2. The fraction of sp³-hybridized carbons (Fsp3) is 0.0588. The monoisotopic (exact) mass is 309 g/mol. The molecule has 0 spiro atoms. The molecule has 0 aliphatic heterocycles. The highest BCUT2D eigenvalue weighted by Crippen LogP contribution is 2.24. The fourth-order valence-corrected chi connectivity index (χ4v) is 2.67. The number of para-hydroxylation sites is 1. The Labute approximate surface area is 133 Å². The lowest BCUT2D eigenvalue weighted by Gasteiger charge is -2.02. The number of hydrogen-bond acceptors (Lipinski definition) is 5. The van der Waals surface area contributed by atoms with Crippen molar-refractivity contribution in [3.63, 3.8) is 0 Å². The number of aromatic nitrogens is 1. The Bertz CT molecular complexity index is 768. The zero-order chi connectivity index (χ0) is 15.2. The molecule has 1 N–H and O–H groups in total. The van der Waals surface area contributed by atoms with E-state index in [0.717, 1.165) is 27.7 Å². The summed E-state index contributed by atoms with van der Waals surface area (Å²) in [4.78, 5) is 4.52. The van der Waals surface area contributed by atoms with Gasteiger partial charge in [-0.1, -0.05) is 42.5 Å². The summed E-state index contributed by atoms with van der Waals surface area (Å²) in [5, 5.41) is 6.99. The SMILES string of the molecule is COc1ccccc1/C=N\Nc1nc(-c2ccccc2)cs1. The largest absolute Gasteiger partial charge is 0.496 e. The Hall–Kier alpha value is -2.66. The van der Waals surface area contributed by atoms with E-state index in [1.165, 1.54) is 11.3 Å². The van der Waals surface area contributed by atoms with Crippen LogP contribution >= 0.6 is 11.3 Å². The fourth-order valence-electron chi connectivity index (χ4n) is 2.00. The summed E-state index contributed by atoms with van der Waals surface area (Å²) in [6.07, 6.45) is 1.72. The van der Waals surface area contributed by atoms with Crippen LogP contribution in [0.1, 0.15) is 5.56 Å². The van der Waals surface area contributed by atoms with Gasteiger partial charge in [-0.3, -0.25) is 5.43 Å². The van der Waals surface area contributed by atoms with E-state index < -0.39 is 0 Å². The zero-order valence-electron chi connectivity index (χ0n) is 12.1. The maximum atomic E-state index is 5.28. The second-order valence-electron chi connectivity index (χ2n) is 4.52. The third kappa shape index (κ3) is 3.32. The number of ether oxygens (including phenoxy) is 1. The number of nitrogens with zero attached hydrogens (tertiary/aromatic N) is 2. The number of rotatable bonds is 5. The molecule has 0 aliphatic carbocycles. The minimum absolute atomic E-state index is 0.755. The Morgan fingerprint density at radius 3 is 2.68 bits per heavy atom. The molecule has 0 bridgehead atoms. The van der Waals surface area contributed by atoms with Crippen molar-refractivity contribution in [3.8, 4) is 17.0 Å². The lowest BCUT2D eigenvalue weighted by molar-refractivity contribution is 0.414. The molecule has 0 atom stereocenters. The van der Waals surface area contributed by atoms with Crippen LogP contribution in [0.15, 0.2) is 65.1 Å². The molecule has 0 radical (unpaired) electrons. The van der Waals surface area contributed by atoms with Gasteiger partial charge in [0.15, 0.2) is 0 Å². The Morgan fingerprint density at radius 1 is 1.09 bits per heavy atom. The Morgan fingerprint density at radius 2 is 1.86 bits per heavy atom. The van der Waals surface area contributed by atoms with Gasteiger partial charge < -0.3 is 4.74 Å². The molecule has 0 saturated carbocycles. The lowest BCUT2D eigenvalue weighted by Crippen LogP contribution is -1.93. The van der Waals surface area contributed by atoms with E-state index >= 15 is 0 Å². The van der Waals surface area contributed by atoms with Crippen LogP contribution in [0.3, 0.4) is 0 Å². The first-order valence-electron chi connectivity index (χ1n) is 6.80. The van der Waals surface area contributed by atoms with Crippen LogP contribution in [0.5, 0.6) is 5.75 Å². The van der Waals surface area contributed by atoms with Crippen LogP contribution in [0.25, 0.3) is 11.3 Å². The molecule has 0 saturated heterocycles. The third-order valence-electron chi connectivity index (χ3n) is 3.08. The zero-order valence-corrected chi connectivity index (χ0v) is 12.9. The molecule has 1 heterocycles. The van der Waals surface area contributed by atoms with Crippen LogP contribution in [-0.2, 0) is 0 Å². The molecule has 110 valence electrons. The van der Waals surface area contributed by atoms with E-state index in [4.69, 9.17) is 4.74 Å². The molecule has 3 aromatic rings. The molecular formula is C17H15N3OS. The van der Waals surface area contributed by atoms with Crippen LogP contribution in [-0.4, -0.2) is 18.3 Å². The normalized spacial score (nSPS) is 10.8. The van der Waals surface area contributed by atoms with Crippen molar-refractivity contribution in [3.05, 3.63) is 65.5 Å². The van der Waals surface area contributed by atoms with E-state index in [0.29, 0.717) is 0 Å². The summed E-state index contributed by atoms with van der Waals surface area (Å²) in [7, 11) is 1.65. The molecule has 0 amide bonds. The van der Waals surface area contributed by atoms with Gasteiger partial charge in [0.1, 0.15) is 5.75 Å². The molecule has 1 aromatic heterocycles. The second-order valence-corrected chi connectivity index (χ2v) is 5.37. The molecule has 0 unspecified atom stereocenters. The van der Waals surface area contributed by atoms with Gasteiger partial charge in [0.25, 0.3) is 0 Å². The van der Waals surface area contributed by atoms with Crippen molar-refractivity contribution >= 4 is 22.7 Å². The number of nitrogens with one attached hydrogen (secondary N) is 1. The Balaban J connectivity index is 1.70. The summed E-state index contributed by atoms with van der Waals surface area (Å²) in [6.45, 7) is 0. The maximum Gasteiger partial charge on any atom is 0.203 e. The van der Waals surface area contributed by atoms with E-state index in [-0.39, 0.29) is 0 Å². The average molecular weight is 309 g/mol. The van der Waals surface area contributed by atoms with Gasteiger partial charge >= 0.3 is 0 Å². The minimum atomic E-state index is 0.755. The quantitative estimate of drug-likeness (QED) is 0.565. The molecule has 0 fully saturated rings. The molecule has 22 heavy (non-hydrogen) atoms. The molecule has 2 aromatic carbocycles. The van der Waals surface area contributed by atoms with Gasteiger partial charge in [-0.2, -0.15) is 5.10 Å². The summed E-state index contributed by atoms with van der Waals surface area (Å²) >= 11 is 1.52. The predicted molar refractivity (Wildman–Crippen MR) is 91.8 cm³/mol. The van der Waals surface area contributed by atoms with Gasteiger partial charge in [0.05, 0.1) is 19.0 Å². The van der Waals surface area contributed by atoms with Gasteiger partial charge in [-0.25, -0.2) is 4.98 Å². The summed E-state index contributed by atoms with van der Waals surface area (Å²) in [5.74, 6) is 0.789. The number of thiazole rings is 1. The van der Waals surface area contributed by atoms with E-state index in [2.05, 4.69) is 15.5 Å².